The Hall–Kier alpha value is -0.120. The second-order valence-corrected chi connectivity index (χ2v) is 9.97. The van der Waals surface area contributed by atoms with Crippen molar-refractivity contribution in [2.24, 2.45) is 5.73 Å². The molecule has 0 unspecified atom stereocenters. The molecule has 0 amide bonds. The average molecular weight is 396 g/mol. The van der Waals surface area contributed by atoms with Crippen molar-refractivity contribution in [1.82, 2.24) is 9.80 Å². The minimum atomic E-state index is -0.126. The Kier molecular flexibility index (Phi) is 11.0. The molecule has 168 valence electrons. The lowest BCUT2D eigenvalue weighted by atomic mass is 9.80. The van der Waals surface area contributed by atoms with E-state index in [0.717, 1.165) is 19.8 Å². The SMILES string of the molecule is CCCCCC(CC)(CC)N1CN(C(CC)(CC)CCCCC)CC(C)(N)C1. The van der Waals surface area contributed by atoms with Crippen LogP contribution in [-0.2, 0) is 0 Å². The van der Waals surface area contributed by atoms with Gasteiger partial charge in [-0.25, -0.2) is 0 Å². The minimum absolute atomic E-state index is 0.126. The third-order valence-electron chi connectivity index (χ3n) is 7.91. The maximum absolute atomic E-state index is 6.90. The zero-order valence-corrected chi connectivity index (χ0v) is 20.6. The first-order chi connectivity index (χ1) is 13.3. The molecule has 3 heteroatoms. The molecule has 0 atom stereocenters. The lowest BCUT2D eigenvalue weighted by Gasteiger charge is -2.57. The molecule has 1 aliphatic rings. The number of hydrogen-bond acceptors (Lipinski definition) is 3. The number of rotatable bonds is 14. The minimum Gasteiger partial charge on any atom is -0.323 e. The molecule has 1 aliphatic heterocycles. The van der Waals surface area contributed by atoms with Crippen LogP contribution in [0.5, 0.6) is 0 Å². The van der Waals surface area contributed by atoms with E-state index in [-0.39, 0.29) is 5.54 Å². The smallest absolute Gasteiger partial charge is 0.0517 e. The van der Waals surface area contributed by atoms with Gasteiger partial charge in [0.05, 0.1) is 6.67 Å². The summed E-state index contributed by atoms with van der Waals surface area (Å²) in [5.41, 5.74) is 7.39. The molecule has 1 fully saturated rings. The fourth-order valence-corrected chi connectivity index (χ4v) is 5.69. The van der Waals surface area contributed by atoms with Crippen LogP contribution in [0.1, 0.15) is 126 Å². The maximum Gasteiger partial charge on any atom is 0.0517 e. The van der Waals surface area contributed by atoms with Crippen LogP contribution >= 0.6 is 0 Å². The lowest BCUT2D eigenvalue weighted by Crippen LogP contribution is -2.71. The summed E-state index contributed by atoms with van der Waals surface area (Å²) in [6.45, 7) is 19.7. The maximum atomic E-state index is 6.90. The molecule has 0 bridgehead atoms. The van der Waals surface area contributed by atoms with E-state index < -0.39 is 0 Å². The molecule has 0 aromatic carbocycles. The van der Waals surface area contributed by atoms with Gasteiger partial charge in [0, 0.05) is 29.7 Å². The van der Waals surface area contributed by atoms with Crippen molar-refractivity contribution < 1.29 is 0 Å². The summed E-state index contributed by atoms with van der Waals surface area (Å²) < 4.78 is 0. The quantitative estimate of drug-likeness (QED) is 0.338. The highest BCUT2D eigenvalue weighted by Crippen LogP contribution is 2.38. The van der Waals surface area contributed by atoms with Gasteiger partial charge in [0.25, 0.3) is 0 Å². The second-order valence-electron chi connectivity index (χ2n) is 9.97. The summed E-state index contributed by atoms with van der Waals surface area (Å²) in [7, 11) is 0. The van der Waals surface area contributed by atoms with E-state index in [4.69, 9.17) is 5.73 Å². The fourth-order valence-electron chi connectivity index (χ4n) is 5.69. The van der Waals surface area contributed by atoms with Gasteiger partial charge in [-0.1, -0.05) is 80.1 Å². The van der Waals surface area contributed by atoms with E-state index in [1.54, 1.807) is 0 Å². The molecular formula is C25H53N3. The monoisotopic (exact) mass is 395 g/mol. The first kappa shape index (κ1) is 25.9. The Morgan fingerprint density at radius 2 is 1.04 bits per heavy atom. The van der Waals surface area contributed by atoms with Gasteiger partial charge in [0.15, 0.2) is 0 Å². The Morgan fingerprint density at radius 3 is 1.32 bits per heavy atom. The molecule has 0 spiro atoms. The number of unbranched alkanes of at least 4 members (excludes halogenated alkanes) is 4. The first-order valence-electron chi connectivity index (χ1n) is 12.6. The molecule has 28 heavy (non-hydrogen) atoms. The summed E-state index contributed by atoms with van der Waals surface area (Å²) in [4.78, 5) is 5.60. The van der Waals surface area contributed by atoms with Gasteiger partial charge in [-0.3, -0.25) is 9.80 Å². The Balaban J connectivity index is 3.11. The molecule has 0 saturated carbocycles. The van der Waals surface area contributed by atoms with Crippen LogP contribution < -0.4 is 5.73 Å². The standard InChI is InChI=1S/C25H53N3/c1-8-14-16-18-24(10-3,11-4)27-20-23(7,26)21-28(22-27)25(12-5,13-6)19-17-15-9-2/h8-22,26H2,1-7H3. The van der Waals surface area contributed by atoms with Crippen molar-refractivity contribution in [3.63, 3.8) is 0 Å². The normalized spacial score (nSPS) is 19.3. The van der Waals surface area contributed by atoms with E-state index in [1.165, 1.54) is 77.0 Å². The largest absolute Gasteiger partial charge is 0.323 e. The highest BCUT2D eigenvalue weighted by atomic mass is 15.4. The number of nitrogens with zero attached hydrogens (tertiary/aromatic N) is 2. The molecule has 3 nitrogen and oxygen atoms in total. The lowest BCUT2D eigenvalue weighted by molar-refractivity contribution is -0.0917. The van der Waals surface area contributed by atoms with Gasteiger partial charge in [0.2, 0.25) is 0 Å². The van der Waals surface area contributed by atoms with Gasteiger partial charge in [-0.05, 0) is 45.4 Å². The van der Waals surface area contributed by atoms with Gasteiger partial charge in [-0.15, -0.1) is 0 Å². The molecule has 1 saturated heterocycles. The summed E-state index contributed by atoms with van der Waals surface area (Å²) in [5.74, 6) is 0. The second kappa shape index (κ2) is 11.9. The van der Waals surface area contributed by atoms with Gasteiger partial charge < -0.3 is 5.73 Å². The molecule has 0 radical (unpaired) electrons. The Morgan fingerprint density at radius 1 is 0.679 bits per heavy atom. The fraction of sp³-hybridized carbons (Fsp3) is 1.00. The number of hydrogen-bond donors (Lipinski definition) is 1. The third-order valence-corrected chi connectivity index (χ3v) is 7.91. The predicted molar refractivity (Wildman–Crippen MR) is 126 cm³/mol. The van der Waals surface area contributed by atoms with E-state index in [1.807, 2.05) is 0 Å². The first-order valence-corrected chi connectivity index (χ1v) is 12.6. The van der Waals surface area contributed by atoms with Crippen LogP contribution in [0.4, 0.5) is 0 Å². The third kappa shape index (κ3) is 6.44. The van der Waals surface area contributed by atoms with Crippen molar-refractivity contribution >= 4 is 0 Å². The summed E-state index contributed by atoms with van der Waals surface area (Å²) in [6.07, 6.45) is 15.6. The molecule has 0 aromatic heterocycles. The van der Waals surface area contributed by atoms with Crippen LogP contribution in [0, 0.1) is 0 Å². The zero-order chi connectivity index (χ0) is 21.3. The van der Waals surface area contributed by atoms with E-state index in [0.29, 0.717) is 11.1 Å². The van der Waals surface area contributed by atoms with E-state index >= 15 is 0 Å². The topological polar surface area (TPSA) is 32.5 Å². The summed E-state index contributed by atoms with van der Waals surface area (Å²) in [5, 5.41) is 0. The van der Waals surface area contributed by atoms with Crippen LogP contribution in [-0.4, -0.2) is 46.2 Å². The highest BCUT2D eigenvalue weighted by Gasteiger charge is 2.46. The van der Waals surface area contributed by atoms with Crippen LogP contribution in [0.2, 0.25) is 0 Å². The molecule has 0 aliphatic carbocycles. The Bertz CT molecular complexity index is 374. The van der Waals surface area contributed by atoms with Crippen molar-refractivity contribution in [2.75, 3.05) is 19.8 Å². The predicted octanol–water partition coefficient (Wildman–Crippen LogP) is 6.56. The van der Waals surface area contributed by atoms with Gasteiger partial charge in [0.1, 0.15) is 0 Å². The van der Waals surface area contributed by atoms with Gasteiger partial charge >= 0.3 is 0 Å². The zero-order valence-electron chi connectivity index (χ0n) is 20.6. The Labute approximate surface area is 177 Å². The van der Waals surface area contributed by atoms with Crippen molar-refractivity contribution in [2.45, 2.75) is 142 Å². The average Bonchev–Trinajstić information content (AvgIpc) is 2.68. The van der Waals surface area contributed by atoms with Crippen molar-refractivity contribution in [3.05, 3.63) is 0 Å². The summed E-state index contributed by atoms with van der Waals surface area (Å²) in [6, 6.07) is 0. The van der Waals surface area contributed by atoms with Gasteiger partial charge in [-0.2, -0.15) is 0 Å². The molecule has 0 aromatic rings. The van der Waals surface area contributed by atoms with Crippen LogP contribution in [0.15, 0.2) is 0 Å². The molecule has 1 rings (SSSR count). The van der Waals surface area contributed by atoms with E-state index in [9.17, 15) is 0 Å². The van der Waals surface area contributed by atoms with Crippen molar-refractivity contribution in [3.8, 4) is 0 Å². The molecule has 1 heterocycles. The highest BCUT2D eigenvalue weighted by molar-refractivity contribution is 5.02. The number of nitrogens with two attached hydrogens (primary N) is 1. The van der Waals surface area contributed by atoms with Crippen LogP contribution in [0.25, 0.3) is 0 Å². The van der Waals surface area contributed by atoms with E-state index in [2.05, 4.69) is 58.3 Å². The van der Waals surface area contributed by atoms with Crippen molar-refractivity contribution in [1.29, 1.82) is 0 Å². The molecule has 2 N–H and O–H groups in total. The van der Waals surface area contributed by atoms with Crippen LogP contribution in [0.3, 0.4) is 0 Å². The summed E-state index contributed by atoms with van der Waals surface area (Å²) >= 11 is 0. The molecular weight excluding hydrogens is 342 g/mol.